The van der Waals surface area contributed by atoms with E-state index in [2.05, 4.69) is 37.7 Å². The topological polar surface area (TPSA) is 45.2 Å². The number of carbonyl (C=O) groups excluding carboxylic acids is 1. The summed E-state index contributed by atoms with van der Waals surface area (Å²) in [5.41, 5.74) is 1.52. The van der Waals surface area contributed by atoms with Gasteiger partial charge in [0.15, 0.2) is 0 Å². The predicted molar refractivity (Wildman–Crippen MR) is 141 cm³/mol. The van der Waals surface area contributed by atoms with Crippen molar-refractivity contribution >= 4 is 17.3 Å². The number of benzene rings is 2. The Bertz CT molecular complexity index is 982. The second-order valence-corrected chi connectivity index (χ2v) is 9.41. The maximum atomic E-state index is 15.1. The molecule has 2 aromatic carbocycles. The first-order valence-corrected chi connectivity index (χ1v) is 12.7. The molecular formula is C28H40FN3O3. The monoisotopic (exact) mass is 485 g/mol. The molecule has 0 spiro atoms. The Kier molecular flexibility index (Phi) is 9.78. The van der Waals surface area contributed by atoms with Gasteiger partial charge < -0.3 is 24.2 Å². The number of rotatable bonds is 12. The van der Waals surface area contributed by atoms with Crippen LogP contribution < -0.4 is 19.3 Å². The summed E-state index contributed by atoms with van der Waals surface area (Å²) in [6.07, 6.45) is 4.90. The number of halogens is 1. The first-order chi connectivity index (χ1) is 16.8. The lowest BCUT2D eigenvalue weighted by Crippen LogP contribution is -2.31. The lowest BCUT2D eigenvalue weighted by molar-refractivity contribution is 0.0989. The van der Waals surface area contributed by atoms with Gasteiger partial charge in [-0.25, -0.2) is 4.39 Å². The van der Waals surface area contributed by atoms with Gasteiger partial charge in [0, 0.05) is 37.9 Å². The number of ether oxygens (including phenoxy) is 2. The number of carbonyl (C=O) groups is 1. The number of likely N-dealkylation sites (N-methyl/N-ethyl adjacent to an activating group) is 1. The summed E-state index contributed by atoms with van der Waals surface area (Å²) < 4.78 is 26.9. The molecule has 192 valence electrons. The zero-order valence-electron chi connectivity index (χ0n) is 21.8. The van der Waals surface area contributed by atoms with Crippen molar-refractivity contribution in [1.29, 1.82) is 0 Å². The fourth-order valence-corrected chi connectivity index (χ4v) is 4.19. The third kappa shape index (κ3) is 6.88. The molecule has 1 amide bonds. The summed E-state index contributed by atoms with van der Waals surface area (Å²) in [5.74, 6) is 0.604. The van der Waals surface area contributed by atoms with Crippen molar-refractivity contribution in [1.82, 2.24) is 4.90 Å². The average molecular weight is 486 g/mol. The van der Waals surface area contributed by atoms with Crippen molar-refractivity contribution in [2.24, 2.45) is 0 Å². The van der Waals surface area contributed by atoms with Gasteiger partial charge in [-0.05, 0) is 63.7 Å². The maximum Gasteiger partial charge on any atom is 0.261 e. The highest BCUT2D eigenvalue weighted by Crippen LogP contribution is 2.31. The number of unbranched alkanes of at least 4 members (excludes halogenated alkanes) is 2. The molecule has 3 rings (SSSR count). The van der Waals surface area contributed by atoms with Crippen LogP contribution in [0.15, 0.2) is 36.4 Å². The summed E-state index contributed by atoms with van der Waals surface area (Å²) in [7, 11) is 5.77. The Balaban J connectivity index is 1.78. The van der Waals surface area contributed by atoms with Crippen molar-refractivity contribution in [3.63, 3.8) is 0 Å². The molecular weight excluding hydrogens is 445 g/mol. The summed E-state index contributed by atoms with van der Waals surface area (Å²) in [6, 6.07) is 10.7. The molecule has 1 fully saturated rings. The molecule has 1 atom stereocenters. The van der Waals surface area contributed by atoms with E-state index < -0.39 is 0 Å². The van der Waals surface area contributed by atoms with Crippen LogP contribution in [0, 0.1) is 5.82 Å². The lowest BCUT2D eigenvalue weighted by Gasteiger charge is -2.24. The molecule has 2 aromatic rings. The fraction of sp³-hybridized carbons (Fsp3) is 0.536. The van der Waals surface area contributed by atoms with Crippen LogP contribution in [0.4, 0.5) is 15.8 Å². The van der Waals surface area contributed by atoms with E-state index in [0.29, 0.717) is 47.7 Å². The Labute approximate surface area is 209 Å². The van der Waals surface area contributed by atoms with E-state index in [4.69, 9.17) is 9.47 Å². The zero-order valence-corrected chi connectivity index (χ0v) is 21.8. The molecule has 6 nitrogen and oxygen atoms in total. The normalized spacial score (nSPS) is 15.5. The highest BCUT2D eigenvalue weighted by Gasteiger charge is 2.26. The van der Waals surface area contributed by atoms with E-state index >= 15 is 4.39 Å². The van der Waals surface area contributed by atoms with Gasteiger partial charge in [0.25, 0.3) is 5.91 Å². The van der Waals surface area contributed by atoms with E-state index in [-0.39, 0.29) is 11.7 Å². The van der Waals surface area contributed by atoms with Gasteiger partial charge in [-0.2, -0.15) is 0 Å². The largest absolute Gasteiger partial charge is 0.493 e. The van der Waals surface area contributed by atoms with Gasteiger partial charge in [0.2, 0.25) is 0 Å². The molecule has 0 aliphatic carbocycles. The van der Waals surface area contributed by atoms with Crippen LogP contribution in [0.2, 0.25) is 0 Å². The molecule has 7 heteroatoms. The molecule has 1 saturated heterocycles. The van der Waals surface area contributed by atoms with Crippen molar-refractivity contribution in [3.05, 3.63) is 47.8 Å². The SMILES string of the molecule is CCCCOc1ccc(C(=O)N(C)c2ccc(N3CCC(N(C)C)C3)c(F)c2)c(OCCCC)c1. The van der Waals surface area contributed by atoms with Crippen LogP contribution >= 0.6 is 0 Å². The van der Waals surface area contributed by atoms with Crippen molar-refractivity contribution in [3.8, 4) is 11.5 Å². The van der Waals surface area contributed by atoms with Crippen LogP contribution in [-0.4, -0.2) is 64.3 Å². The van der Waals surface area contributed by atoms with Gasteiger partial charge in [-0.15, -0.1) is 0 Å². The summed E-state index contributed by atoms with van der Waals surface area (Å²) in [6.45, 7) is 6.96. The second kappa shape index (κ2) is 12.8. The summed E-state index contributed by atoms with van der Waals surface area (Å²) in [4.78, 5) is 19.1. The van der Waals surface area contributed by atoms with Crippen LogP contribution in [0.25, 0.3) is 0 Å². The first kappa shape index (κ1) is 26.8. The second-order valence-electron chi connectivity index (χ2n) is 9.41. The molecule has 0 bridgehead atoms. The Morgan fingerprint density at radius 1 is 1.03 bits per heavy atom. The molecule has 1 unspecified atom stereocenters. The molecule has 0 saturated carbocycles. The van der Waals surface area contributed by atoms with Crippen LogP contribution in [0.5, 0.6) is 11.5 Å². The van der Waals surface area contributed by atoms with Gasteiger partial charge in [0.1, 0.15) is 17.3 Å². The molecule has 0 radical (unpaired) electrons. The Morgan fingerprint density at radius 3 is 2.37 bits per heavy atom. The number of amides is 1. The zero-order chi connectivity index (χ0) is 25.4. The van der Waals surface area contributed by atoms with E-state index in [1.165, 1.54) is 11.0 Å². The number of hydrogen-bond donors (Lipinski definition) is 0. The van der Waals surface area contributed by atoms with Crippen molar-refractivity contribution in [2.45, 2.75) is 52.0 Å². The summed E-state index contributed by atoms with van der Waals surface area (Å²) >= 11 is 0. The predicted octanol–water partition coefficient (Wildman–Crippen LogP) is 5.60. The minimum Gasteiger partial charge on any atom is -0.493 e. The van der Waals surface area contributed by atoms with E-state index in [9.17, 15) is 4.79 Å². The molecule has 0 aromatic heterocycles. The number of anilines is 2. The first-order valence-electron chi connectivity index (χ1n) is 12.7. The van der Waals surface area contributed by atoms with Crippen LogP contribution in [-0.2, 0) is 0 Å². The van der Waals surface area contributed by atoms with Crippen molar-refractivity contribution < 1.29 is 18.7 Å². The van der Waals surface area contributed by atoms with Crippen molar-refractivity contribution in [2.75, 3.05) is 57.2 Å². The smallest absolute Gasteiger partial charge is 0.261 e. The minimum atomic E-state index is -0.319. The van der Waals surface area contributed by atoms with Crippen LogP contribution in [0.3, 0.4) is 0 Å². The molecule has 1 aliphatic heterocycles. The maximum absolute atomic E-state index is 15.1. The third-order valence-corrected chi connectivity index (χ3v) is 6.56. The highest BCUT2D eigenvalue weighted by atomic mass is 19.1. The van der Waals surface area contributed by atoms with Gasteiger partial charge >= 0.3 is 0 Å². The molecule has 1 aliphatic rings. The number of hydrogen-bond acceptors (Lipinski definition) is 5. The molecule has 0 N–H and O–H groups in total. The standard InChI is InChI=1S/C28H40FN3O3/c1-6-8-16-34-23-11-12-24(27(19-23)35-17-9-7-2)28(33)31(5)21-10-13-26(25(29)18-21)32-15-14-22(20-32)30(3)4/h10-13,18-19,22H,6-9,14-17,20H2,1-5H3. The molecule has 1 heterocycles. The van der Waals surface area contributed by atoms with E-state index in [1.807, 2.05) is 0 Å². The quantitative estimate of drug-likeness (QED) is 0.366. The minimum absolute atomic E-state index is 0.252. The fourth-order valence-electron chi connectivity index (χ4n) is 4.19. The van der Waals surface area contributed by atoms with Gasteiger partial charge in [-0.1, -0.05) is 26.7 Å². The van der Waals surface area contributed by atoms with E-state index in [1.54, 1.807) is 37.4 Å². The number of nitrogens with zero attached hydrogens (tertiary/aromatic N) is 3. The summed E-state index contributed by atoms with van der Waals surface area (Å²) in [5, 5.41) is 0. The van der Waals surface area contributed by atoms with E-state index in [0.717, 1.165) is 45.2 Å². The lowest BCUT2D eigenvalue weighted by atomic mass is 10.1. The van der Waals surface area contributed by atoms with Crippen LogP contribution in [0.1, 0.15) is 56.3 Å². The Morgan fingerprint density at radius 2 is 1.74 bits per heavy atom. The van der Waals surface area contributed by atoms with Gasteiger partial charge in [0.05, 0.1) is 24.5 Å². The van der Waals surface area contributed by atoms with Gasteiger partial charge in [-0.3, -0.25) is 4.79 Å². The Hall–Kier alpha value is -2.80. The highest BCUT2D eigenvalue weighted by molar-refractivity contribution is 6.07. The molecule has 35 heavy (non-hydrogen) atoms. The third-order valence-electron chi connectivity index (χ3n) is 6.56. The average Bonchev–Trinajstić information content (AvgIpc) is 3.34.